The number of hydrogen-bond acceptors (Lipinski definition) is 3. The van der Waals surface area contributed by atoms with Gasteiger partial charge in [-0.15, -0.1) is 0 Å². The van der Waals surface area contributed by atoms with Crippen LogP contribution in [0.1, 0.15) is 5.56 Å². The van der Waals surface area contributed by atoms with Crippen LogP contribution in [0, 0.1) is 10.1 Å². The van der Waals surface area contributed by atoms with Crippen LogP contribution in [0.2, 0.25) is 0 Å². The number of nitro groups is 1. The minimum atomic E-state index is -0.397. The van der Waals surface area contributed by atoms with Crippen LogP contribution >= 0.6 is 12.2 Å². The van der Waals surface area contributed by atoms with Gasteiger partial charge < -0.3 is 0 Å². The first-order valence-electron chi connectivity index (χ1n) is 5.48. The van der Waals surface area contributed by atoms with Crippen molar-refractivity contribution in [2.24, 2.45) is 0 Å². The highest BCUT2D eigenvalue weighted by molar-refractivity contribution is 7.78. The van der Waals surface area contributed by atoms with Gasteiger partial charge in [-0.05, 0) is 34.2 Å². The standard InChI is InChI=1S/C14H11NO2S/c16-15(17)14-7-5-13(6-8-14)12-3-1-11(2-4-12)9-10-18/h1-8,10H,9H2. The van der Waals surface area contributed by atoms with Crippen LogP contribution in [-0.2, 0) is 6.42 Å². The zero-order chi connectivity index (χ0) is 13.0. The van der Waals surface area contributed by atoms with Gasteiger partial charge in [-0.3, -0.25) is 10.1 Å². The Morgan fingerprint density at radius 1 is 1.00 bits per heavy atom. The van der Waals surface area contributed by atoms with Gasteiger partial charge in [0.15, 0.2) is 0 Å². The molecular formula is C14H11NO2S. The summed E-state index contributed by atoms with van der Waals surface area (Å²) in [5.41, 5.74) is 3.28. The van der Waals surface area contributed by atoms with E-state index in [2.05, 4.69) is 0 Å². The Morgan fingerprint density at radius 2 is 1.50 bits per heavy atom. The average Bonchev–Trinajstić information content (AvgIpc) is 2.40. The molecule has 4 heteroatoms. The lowest BCUT2D eigenvalue weighted by Crippen LogP contribution is -1.88. The van der Waals surface area contributed by atoms with Crippen molar-refractivity contribution in [3.05, 3.63) is 64.2 Å². The summed E-state index contributed by atoms with van der Waals surface area (Å²) < 4.78 is 0. The molecule has 0 aromatic heterocycles. The molecule has 0 radical (unpaired) electrons. The quantitative estimate of drug-likeness (QED) is 0.475. The van der Waals surface area contributed by atoms with E-state index in [4.69, 9.17) is 12.2 Å². The summed E-state index contributed by atoms with van der Waals surface area (Å²) in [5, 5.41) is 12.3. The lowest BCUT2D eigenvalue weighted by Gasteiger charge is -2.02. The minimum Gasteiger partial charge on any atom is -0.258 e. The third-order valence-electron chi connectivity index (χ3n) is 2.68. The molecule has 0 saturated heterocycles. The lowest BCUT2D eigenvalue weighted by atomic mass is 10.0. The van der Waals surface area contributed by atoms with Gasteiger partial charge in [-0.25, -0.2) is 0 Å². The summed E-state index contributed by atoms with van der Waals surface area (Å²) in [6.07, 6.45) is 0.774. The van der Waals surface area contributed by atoms with Gasteiger partial charge in [-0.2, -0.15) is 0 Å². The molecule has 0 saturated carbocycles. The van der Waals surface area contributed by atoms with Crippen molar-refractivity contribution in [2.75, 3.05) is 0 Å². The van der Waals surface area contributed by atoms with Crippen LogP contribution < -0.4 is 0 Å². The highest BCUT2D eigenvalue weighted by Crippen LogP contribution is 2.22. The maximum atomic E-state index is 10.6. The number of thiocarbonyl (C=S) groups is 1. The van der Waals surface area contributed by atoms with E-state index in [-0.39, 0.29) is 5.69 Å². The zero-order valence-corrected chi connectivity index (χ0v) is 10.4. The third kappa shape index (κ3) is 2.78. The summed E-state index contributed by atoms with van der Waals surface area (Å²) >= 11 is 4.81. The number of nitrogens with zero attached hydrogens (tertiary/aromatic N) is 1. The summed E-state index contributed by atoms with van der Waals surface area (Å²) in [6.45, 7) is 0. The maximum absolute atomic E-state index is 10.6. The fraction of sp³-hybridized carbons (Fsp3) is 0.0714. The molecule has 0 unspecified atom stereocenters. The van der Waals surface area contributed by atoms with E-state index in [1.807, 2.05) is 24.3 Å². The molecule has 2 aromatic rings. The molecule has 0 heterocycles. The summed E-state index contributed by atoms with van der Waals surface area (Å²) in [6, 6.07) is 14.6. The van der Waals surface area contributed by atoms with Crippen LogP contribution in [0.15, 0.2) is 48.5 Å². The molecule has 0 atom stereocenters. The van der Waals surface area contributed by atoms with Crippen molar-refractivity contribution < 1.29 is 4.92 Å². The molecule has 0 aliphatic carbocycles. The van der Waals surface area contributed by atoms with Crippen LogP contribution in [0.5, 0.6) is 0 Å². The predicted molar refractivity (Wildman–Crippen MR) is 75.9 cm³/mol. The molecule has 0 N–H and O–H groups in total. The number of hydrogen-bond donors (Lipinski definition) is 0. The second kappa shape index (κ2) is 5.51. The fourth-order valence-corrected chi connectivity index (χ4v) is 1.90. The smallest absolute Gasteiger partial charge is 0.258 e. The number of benzene rings is 2. The second-order valence-electron chi connectivity index (χ2n) is 3.87. The normalized spacial score (nSPS) is 10.0. The summed E-state index contributed by atoms with van der Waals surface area (Å²) in [5.74, 6) is 0. The molecule has 0 aliphatic rings. The topological polar surface area (TPSA) is 43.1 Å². The molecule has 0 amide bonds. The van der Waals surface area contributed by atoms with Gasteiger partial charge in [0.2, 0.25) is 0 Å². The molecule has 3 nitrogen and oxygen atoms in total. The first-order chi connectivity index (χ1) is 8.70. The molecule has 0 aliphatic heterocycles. The van der Waals surface area contributed by atoms with E-state index in [0.717, 1.165) is 23.1 Å². The molecular weight excluding hydrogens is 246 g/mol. The average molecular weight is 257 g/mol. The van der Waals surface area contributed by atoms with Gasteiger partial charge in [0.05, 0.1) is 4.92 Å². The Bertz CT molecular complexity index is 561. The SMILES string of the molecule is O=[N+]([O-])c1ccc(-c2ccc(CC=S)cc2)cc1. The molecule has 0 fully saturated rings. The van der Waals surface area contributed by atoms with E-state index >= 15 is 0 Å². The largest absolute Gasteiger partial charge is 0.269 e. The molecule has 2 aromatic carbocycles. The fourth-order valence-electron chi connectivity index (χ4n) is 1.71. The van der Waals surface area contributed by atoms with Gasteiger partial charge >= 0.3 is 0 Å². The molecule has 0 spiro atoms. The second-order valence-corrected chi connectivity index (χ2v) is 4.21. The first kappa shape index (κ1) is 12.4. The number of nitro benzene ring substituents is 1. The van der Waals surface area contributed by atoms with Crippen molar-refractivity contribution in [1.29, 1.82) is 0 Å². The van der Waals surface area contributed by atoms with Crippen molar-refractivity contribution in [3.63, 3.8) is 0 Å². The molecule has 2 rings (SSSR count). The lowest BCUT2D eigenvalue weighted by molar-refractivity contribution is -0.384. The van der Waals surface area contributed by atoms with E-state index in [0.29, 0.717) is 0 Å². The molecule has 0 bridgehead atoms. The molecule has 18 heavy (non-hydrogen) atoms. The van der Waals surface area contributed by atoms with E-state index < -0.39 is 4.92 Å². The monoisotopic (exact) mass is 257 g/mol. The highest BCUT2D eigenvalue weighted by Gasteiger charge is 2.04. The van der Waals surface area contributed by atoms with Gasteiger partial charge in [-0.1, -0.05) is 36.5 Å². The van der Waals surface area contributed by atoms with Crippen molar-refractivity contribution in [3.8, 4) is 11.1 Å². The van der Waals surface area contributed by atoms with E-state index in [9.17, 15) is 10.1 Å². The van der Waals surface area contributed by atoms with Gasteiger partial charge in [0.25, 0.3) is 5.69 Å². The highest BCUT2D eigenvalue weighted by atomic mass is 32.1. The van der Waals surface area contributed by atoms with Crippen molar-refractivity contribution in [1.82, 2.24) is 0 Å². The number of rotatable bonds is 4. The van der Waals surface area contributed by atoms with Crippen LogP contribution in [0.25, 0.3) is 11.1 Å². The van der Waals surface area contributed by atoms with Gasteiger partial charge in [0.1, 0.15) is 0 Å². The Kier molecular flexibility index (Phi) is 3.79. The van der Waals surface area contributed by atoms with Crippen molar-refractivity contribution >= 4 is 23.3 Å². The first-order valence-corrected chi connectivity index (χ1v) is 5.95. The summed E-state index contributed by atoms with van der Waals surface area (Å²) in [7, 11) is 0. The Balaban J connectivity index is 2.25. The number of non-ortho nitro benzene ring substituents is 1. The predicted octanol–water partition coefficient (Wildman–Crippen LogP) is 3.80. The van der Waals surface area contributed by atoms with E-state index in [1.54, 1.807) is 17.5 Å². The minimum absolute atomic E-state index is 0.107. The van der Waals surface area contributed by atoms with Crippen LogP contribution in [0.4, 0.5) is 5.69 Å². The Morgan fingerprint density at radius 3 is 1.94 bits per heavy atom. The van der Waals surface area contributed by atoms with E-state index in [1.165, 1.54) is 12.1 Å². The van der Waals surface area contributed by atoms with Crippen molar-refractivity contribution in [2.45, 2.75) is 6.42 Å². The summed E-state index contributed by atoms with van der Waals surface area (Å²) in [4.78, 5) is 10.2. The van der Waals surface area contributed by atoms with Crippen LogP contribution in [0.3, 0.4) is 0 Å². The van der Waals surface area contributed by atoms with Gasteiger partial charge in [0, 0.05) is 18.6 Å². The molecule has 90 valence electrons. The third-order valence-corrected chi connectivity index (χ3v) is 2.85. The Labute approximate surface area is 110 Å². The maximum Gasteiger partial charge on any atom is 0.269 e. The Hall–Kier alpha value is -2.07. The van der Waals surface area contributed by atoms with Crippen LogP contribution in [-0.4, -0.2) is 10.3 Å². The zero-order valence-electron chi connectivity index (χ0n) is 9.58.